The van der Waals surface area contributed by atoms with Crippen molar-refractivity contribution in [3.63, 3.8) is 0 Å². The van der Waals surface area contributed by atoms with E-state index in [4.69, 9.17) is 8.85 Å². The van der Waals surface area contributed by atoms with Crippen LogP contribution in [0, 0.1) is 28.6 Å². The van der Waals surface area contributed by atoms with Crippen molar-refractivity contribution in [2.24, 2.45) is 28.6 Å². The molecule has 3 rings (SSSR count). The van der Waals surface area contributed by atoms with Crippen molar-refractivity contribution in [2.45, 2.75) is 137 Å². The highest BCUT2D eigenvalue weighted by molar-refractivity contribution is 6.74. The van der Waals surface area contributed by atoms with Crippen LogP contribution in [0.1, 0.15) is 94.4 Å². The van der Waals surface area contributed by atoms with E-state index in [2.05, 4.69) is 94.6 Å². The Bertz CT molecular complexity index is 918. The van der Waals surface area contributed by atoms with Crippen LogP contribution in [0.25, 0.3) is 0 Å². The number of carbonyl (C=O) groups is 2. The van der Waals surface area contributed by atoms with E-state index in [9.17, 15) is 9.59 Å². The average molecular weight is 535 g/mol. The lowest BCUT2D eigenvalue weighted by Crippen LogP contribution is -2.57. The lowest BCUT2D eigenvalue weighted by Gasteiger charge is -2.54. The van der Waals surface area contributed by atoms with Gasteiger partial charge in [0.2, 0.25) is 8.32 Å². The van der Waals surface area contributed by atoms with Gasteiger partial charge in [-0.2, -0.15) is 0 Å². The van der Waals surface area contributed by atoms with Gasteiger partial charge in [0.1, 0.15) is 11.9 Å². The number of carbonyl (C=O) groups excluding carboxylic acids is 2. The fraction of sp³-hybridized carbons (Fsp3) is 0.867. The molecule has 2 bridgehead atoms. The van der Waals surface area contributed by atoms with E-state index in [1.807, 2.05) is 0 Å². The Morgan fingerprint density at radius 3 is 1.97 bits per heavy atom. The SMILES string of the molecule is CC1(C)[C@H]2CC=C(O[Si](C)(C)C(C)(C)C)[C@H]1C[C@@H]1C(=O)[C@@H](O[Si](C)(C)C(C)(C)C)CC[C@@]1(C)C(=O)C2. The Hall–Kier alpha value is -0.726. The normalized spacial score (nSPS) is 33.9. The third kappa shape index (κ3) is 5.12. The molecule has 4 nitrogen and oxygen atoms in total. The Labute approximate surface area is 223 Å². The molecule has 0 aliphatic heterocycles. The number of Topliss-reactive ketones (excluding diaryl/α,β-unsaturated/α-hetero) is 2. The predicted molar refractivity (Wildman–Crippen MR) is 154 cm³/mol. The van der Waals surface area contributed by atoms with Gasteiger partial charge in [0.25, 0.3) is 0 Å². The lowest BCUT2D eigenvalue weighted by atomic mass is 9.52. The summed E-state index contributed by atoms with van der Waals surface area (Å²) < 4.78 is 13.7. The molecule has 2 fully saturated rings. The number of allylic oxidation sites excluding steroid dienone is 2. The second kappa shape index (κ2) is 9.19. The van der Waals surface area contributed by atoms with Crippen LogP contribution < -0.4 is 0 Å². The van der Waals surface area contributed by atoms with E-state index in [1.54, 1.807) is 0 Å². The molecular weight excluding hydrogens is 480 g/mol. The van der Waals surface area contributed by atoms with Crippen molar-refractivity contribution in [1.29, 1.82) is 0 Å². The molecular formula is C30H54O4Si2. The maximum Gasteiger partial charge on any atom is 0.250 e. The number of ketones is 2. The summed E-state index contributed by atoms with van der Waals surface area (Å²) >= 11 is 0. The third-order valence-corrected chi connectivity index (χ3v) is 20.1. The van der Waals surface area contributed by atoms with Crippen molar-refractivity contribution in [2.75, 3.05) is 0 Å². The van der Waals surface area contributed by atoms with Gasteiger partial charge in [-0.25, -0.2) is 0 Å². The molecule has 3 aliphatic carbocycles. The van der Waals surface area contributed by atoms with Crippen LogP contribution in [0.4, 0.5) is 0 Å². The summed E-state index contributed by atoms with van der Waals surface area (Å²) in [5.41, 5.74) is -0.701. The Balaban J connectivity index is 2.01. The van der Waals surface area contributed by atoms with Crippen molar-refractivity contribution in [3.05, 3.63) is 11.8 Å². The summed E-state index contributed by atoms with van der Waals surface area (Å²) in [5, 5.41) is 0.139. The molecule has 0 aromatic heterocycles. The molecule has 5 atom stereocenters. The molecule has 0 heterocycles. The molecule has 0 amide bonds. The van der Waals surface area contributed by atoms with Crippen LogP contribution in [-0.2, 0) is 18.4 Å². The minimum absolute atomic E-state index is 0.0380. The topological polar surface area (TPSA) is 52.6 Å². The molecule has 0 spiro atoms. The van der Waals surface area contributed by atoms with Crippen molar-refractivity contribution >= 4 is 28.2 Å². The minimum Gasteiger partial charge on any atom is -0.547 e. The summed E-state index contributed by atoms with van der Waals surface area (Å²) in [6, 6.07) is 0. The van der Waals surface area contributed by atoms with Gasteiger partial charge >= 0.3 is 0 Å². The van der Waals surface area contributed by atoms with Crippen LogP contribution in [0.3, 0.4) is 0 Å². The van der Waals surface area contributed by atoms with Crippen LogP contribution >= 0.6 is 0 Å². The smallest absolute Gasteiger partial charge is 0.250 e. The maximum atomic E-state index is 14.2. The van der Waals surface area contributed by atoms with E-state index in [-0.39, 0.29) is 44.8 Å². The van der Waals surface area contributed by atoms with Crippen LogP contribution in [0.15, 0.2) is 11.8 Å². The Morgan fingerprint density at radius 2 is 1.44 bits per heavy atom. The molecule has 0 saturated heterocycles. The number of fused-ring (bicyclic) bond motifs is 3. The summed E-state index contributed by atoms with van der Waals surface area (Å²) in [4.78, 5) is 28.0. The first-order valence-electron chi connectivity index (χ1n) is 14.2. The van der Waals surface area contributed by atoms with E-state index < -0.39 is 28.2 Å². The zero-order valence-electron chi connectivity index (χ0n) is 25.6. The number of hydrogen-bond donors (Lipinski definition) is 0. The second-order valence-electron chi connectivity index (χ2n) is 15.9. The van der Waals surface area contributed by atoms with Crippen molar-refractivity contribution < 1.29 is 18.4 Å². The lowest BCUT2D eigenvalue weighted by molar-refractivity contribution is -0.154. The molecule has 0 N–H and O–H groups in total. The molecule has 0 radical (unpaired) electrons. The summed E-state index contributed by atoms with van der Waals surface area (Å²) in [5.74, 6) is 1.64. The molecule has 206 valence electrons. The van der Waals surface area contributed by atoms with Gasteiger partial charge in [-0.3, -0.25) is 9.59 Å². The fourth-order valence-corrected chi connectivity index (χ4v) is 8.44. The minimum atomic E-state index is -2.11. The van der Waals surface area contributed by atoms with Gasteiger partial charge < -0.3 is 8.85 Å². The van der Waals surface area contributed by atoms with Crippen molar-refractivity contribution in [3.8, 4) is 0 Å². The van der Waals surface area contributed by atoms with E-state index in [1.165, 1.54) is 0 Å². The van der Waals surface area contributed by atoms with Gasteiger partial charge in [0.15, 0.2) is 14.1 Å². The van der Waals surface area contributed by atoms with Gasteiger partial charge in [-0.1, -0.05) is 62.3 Å². The molecule has 6 heteroatoms. The molecule has 2 saturated carbocycles. The first kappa shape index (κ1) is 29.8. The first-order valence-corrected chi connectivity index (χ1v) is 20.0. The van der Waals surface area contributed by atoms with Crippen LogP contribution in [-0.4, -0.2) is 34.3 Å². The molecule has 0 aromatic rings. The maximum absolute atomic E-state index is 14.2. The van der Waals surface area contributed by atoms with Gasteiger partial charge in [0.05, 0.1) is 5.76 Å². The largest absolute Gasteiger partial charge is 0.547 e. The quantitative estimate of drug-likeness (QED) is 0.340. The van der Waals surface area contributed by atoms with Crippen molar-refractivity contribution in [1.82, 2.24) is 0 Å². The highest BCUT2D eigenvalue weighted by Gasteiger charge is 2.58. The van der Waals surface area contributed by atoms with E-state index in [0.717, 1.165) is 18.6 Å². The highest BCUT2D eigenvalue weighted by Crippen LogP contribution is 2.58. The summed E-state index contributed by atoms with van der Waals surface area (Å²) in [7, 11) is -4.15. The Morgan fingerprint density at radius 1 is 0.889 bits per heavy atom. The van der Waals surface area contributed by atoms with Gasteiger partial charge in [-0.05, 0) is 79.4 Å². The summed E-state index contributed by atoms with van der Waals surface area (Å²) in [6.45, 7) is 29.2. The van der Waals surface area contributed by atoms with Gasteiger partial charge in [-0.15, -0.1) is 0 Å². The average Bonchev–Trinajstić information content (AvgIpc) is 2.68. The highest BCUT2D eigenvalue weighted by atomic mass is 28.4. The predicted octanol–water partition coefficient (Wildman–Crippen LogP) is 8.29. The molecule has 3 aliphatic rings. The zero-order valence-corrected chi connectivity index (χ0v) is 27.6. The monoisotopic (exact) mass is 534 g/mol. The van der Waals surface area contributed by atoms with Crippen LogP contribution in [0.2, 0.25) is 36.3 Å². The van der Waals surface area contributed by atoms with E-state index in [0.29, 0.717) is 19.3 Å². The van der Waals surface area contributed by atoms with Gasteiger partial charge in [0, 0.05) is 23.7 Å². The molecule has 0 aromatic carbocycles. The standard InChI is InChI=1S/C30H54O4Si2/c1-27(2,3)35(10,11)33-23-15-14-20-18-25(31)30(9)17-16-24(34-36(12,13)28(4,5)6)26(32)22(30)19-21(23)29(20,7)8/h15,20-22,24H,14,16-19H2,1-13H3/t20-,21+,22+,24-,30+/m0/s1. The third-order valence-electron chi connectivity index (χ3n) is 11.2. The zero-order chi connectivity index (χ0) is 27.7. The van der Waals surface area contributed by atoms with Crippen LogP contribution in [0.5, 0.6) is 0 Å². The summed E-state index contributed by atoms with van der Waals surface area (Å²) in [6.07, 6.45) is 5.39. The molecule has 36 heavy (non-hydrogen) atoms. The van der Waals surface area contributed by atoms with E-state index >= 15 is 0 Å². The fourth-order valence-electron chi connectivity index (χ4n) is 6.02. The second-order valence-corrected chi connectivity index (χ2v) is 25.4. The molecule has 0 unspecified atom stereocenters. The first-order chi connectivity index (χ1) is 16.0. The Kier molecular flexibility index (Phi) is 7.61. The number of hydrogen-bond acceptors (Lipinski definition) is 4. The number of rotatable bonds is 4.